The number of carbonyl (C=O) groups is 1. The van der Waals surface area contributed by atoms with Gasteiger partial charge in [0.05, 0.1) is 10.9 Å². The van der Waals surface area contributed by atoms with E-state index in [4.69, 9.17) is 0 Å². The van der Waals surface area contributed by atoms with Gasteiger partial charge in [0.25, 0.3) is 5.91 Å². The van der Waals surface area contributed by atoms with E-state index in [1.807, 2.05) is 12.3 Å². The van der Waals surface area contributed by atoms with Crippen LogP contribution in [0.5, 0.6) is 0 Å². The summed E-state index contributed by atoms with van der Waals surface area (Å²) >= 11 is 3.31. The second-order valence-electron chi connectivity index (χ2n) is 5.12. The molecule has 1 fully saturated rings. The zero-order valence-electron chi connectivity index (χ0n) is 11.1. The van der Waals surface area contributed by atoms with Crippen LogP contribution in [-0.2, 0) is 0 Å². The molecule has 2 heterocycles. The monoisotopic (exact) mass is 291 g/mol. The first-order valence-electron chi connectivity index (χ1n) is 6.59. The van der Waals surface area contributed by atoms with Crippen LogP contribution in [0.4, 0.5) is 0 Å². The molecule has 0 spiro atoms. The van der Waals surface area contributed by atoms with E-state index in [9.17, 15) is 4.79 Å². The molecule has 0 aromatic carbocycles. The number of aryl methyl sites for hydroxylation is 1. The van der Waals surface area contributed by atoms with E-state index in [0.717, 1.165) is 4.88 Å². The van der Waals surface area contributed by atoms with Crippen LogP contribution < -0.4 is 5.32 Å². The third-order valence-corrected chi connectivity index (χ3v) is 5.57. The molecule has 1 amide bonds. The van der Waals surface area contributed by atoms with E-state index < -0.39 is 0 Å². The highest BCUT2D eigenvalue weighted by atomic mass is 32.1. The summed E-state index contributed by atoms with van der Waals surface area (Å²) in [6, 6.07) is 6.39. The summed E-state index contributed by atoms with van der Waals surface area (Å²) in [5.41, 5.74) is 1.25. The Balaban J connectivity index is 1.72. The van der Waals surface area contributed by atoms with Crippen molar-refractivity contribution in [3.05, 3.63) is 43.8 Å². The smallest absolute Gasteiger partial charge is 0.262 e. The first-order valence-corrected chi connectivity index (χ1v) is 8.29. The molecule has 0 radical (unpaired) electrons. The van der Waals surface area contributed by atoms with Gasteiger partial charge in [0, 0.05) is 9.75 Å². The highest BCUT2D eigenvalue weighted by Crippen LogP contribution is 2.43. The average Bonchev–Trinajstić information content (AvgIpc) is 2.94. The summed E-state index contributed by atoms with van der Waals surface area (Å²) in [6.07, 6.45) is 2.47. The minimum atomic E-state index is 0.0791. The number of hydrogen-bond donors (Lipinski definition) is 1. The molecule has 2 aromatic heterocycles. The van der Waals surface area contributed by atoms with Gasteiger partial charge in [-0.25, -0.2) is 0 Å². The van der Waals surface area contributed by atoms with Gasteiger partial charge in [-0.15, -0.1) is 22.7 Å². The molecule has 19 heavy (non-hydrogen) atoms. The highest BCUT2D eigenvalue weighted by molar-refractivity contribution is 7.12. The standard InChI is InChI=1S/C15H17NOS2/c1-9-3-6-13(19-9)10(2)16-15(17)14-12(7-8-18-14)11-4-5-11/h3,6-8,10-11H,4-5H2,1-2H3,(H,16,17)/t10-/m1/s1. The third-order valence-electron chi connectivity index (χ3n) is 3.45. The quantitative estimate of drug-likeness (QED) is 0.883. The Morgan fingerprint density at radius 3 is 2.79 bits per heavy atom. The molecule has 3 rings (SSSR count). The summed E-state index contributed by atoms with van der Waals surface area (Å²) in [5.74, 6) is 0.710. The zero-order valence-corrected chi connectivity index (χ0v) is 12.7. The summed E-state index contributed by atoms with van der Waals surface area (Å²) in [5, 5.41) is 5.15. The van der Waals surface area contributed by atoms with Crippen LogP contribution in [0.15, 0.2) is 23.6 Å². The molecule has 1 N–H and O–H groups in total. The van der Waals surface area contributed by atoms with Gasteiger partial charge in [-0.05, 0) is 61.7 Å². The van der Waals surface area contributed by atoms with Crippen LogP contribution in [0.1, 0.15) is 56.7 Å². The predicted octanol–water partition coefficient (Wildman–Crippen LogP) is 4.49. The topological polar surface area (TPSA) is 29.1 Å². The minimum Gasteiger partial charge on any atom is -0.344 e. The van der Waals surface area contributed by atoms with Gasteiger partial charge < -0.3 is 5.32 Å². The Morgan fingerprint density at radius 1 is 1.37 bits per heavy atom. The van der Waals surface area contributed by atoms with Crippen LogP contribution in [0.25, 0.3) is 0 Å². The van der Waals surface area contributed by atoms with E-state index >= 15 is 0 Å². The van der Waals surface area contributed by atoms with Gasteiger partial charge >= 0.3 is 0 Å². The average molecular weight is 291 g/mol. The largest absolute Gasteiger partial charge is 0.344 e. The molecule has 1 aliphatic carbocycles. The lowest BCUT2D eigenvalue weighted by Gasteiger charge is -2.12. The van der Waals surface area contributed by atoms with Gasteiger partial charge in [0.2, 0.25) is 0 Å². The fourth-order valence-corrected chi connectivity index (χ4v) is 4.01. The number of carbonyl (C=O) groups excluding carboxylic acids is 1. The number of hydrogen-bond acceptors (Lipinski definition) is 3. The van der Waals surface area contributed by atoms with Crippen LogP contribution >= 0.6 is 22.7 Å². The number of thiophene rings is 2. The van der Waals surface area contributed by atoms with E-state index in [-0.39, 0.29) is 11.9 Å². The lowest BCUT2D eigenvalue weighted by Crippen LogP contribution is -2.26. The Labute approximate surface area is 121 Å². The Kier molecular flexibility index (Phi) is 3.46. The molecule has 100 valence electrons. The fourth-order valence-electron chi connectivity index (χ4n) is 2.24. The lowest BCUT2D eigenvalue weighted by atomic mass is 10.1. The molecule has 0 unspecified atom stereocenters. The molecule has 4 heteroatoms. The molecule has 1 saturated carbocycles. The maximum atomic E-state index is 12.4. The molecule has 0 saturated heterocycles. The first kappa shape index (κ1) is 12.9. The number of amides is 1. The predicted molar refractivity (Wildman–Crippen MR) is 81.2 cm³/mol. The molecular formula is C15H17NOS2. The third kappa shape index (κ3) is 2.74. The Morgan fingerprint density at radius 2 is 2.16 bits per heavy atom. The first-order chi connectivity index (χ1) is 9.15. The molecule has 1 atom stereocenters. The summed E-state index contributed by atoms with van der Waals surface area (Å²) in [4.78, 5) is 15.8. The van der Waals surface area contributed by atoms with Gasteiger partial charge in [0.15, 0.2) is 0 Å². The van der Waals surface area contributed by atoms with Crippen molar-refractivity contribution in [2.75, 3.05) is 0 Å². The van der Waals surface area contributed by atoms with Crippen LogP contribution in [0.2, 0.25) is 0 Å². The molecule has 0 aliphatic heterocycles. The van der Waals surface area contributed by atoms with Crippen LogP contribution in [0.3, 0.4) is 0 Å². The van der Waals surface area contributed by atoms with Gasteiger partial charge in [-0.1, -0.05) is 0 Å². The Hall–Kier alpha value is -1.13. The van der Waals surface area contributed by atoms with E-state index in [1.54, 1.807) is 22.7 Å². The van der Waals surface area contributed by atoms with E-state index in [1.165, 1.54) is 28.2 Å². The fraction of sp³-hybridized carbons (Fsp3) is 0.400. The summed E-state index contributed by atoms with van der Waals surface area (Å²) in [7, 11) is 0. The number of rotatable bonds is 4. The number of nitrogens with one attached hydrogen (secondary N) is 1. The van der Waals surface area contributed by atoms with Gasteiger partial charge in [0.1, 0.15) is 0 Å². The molecule has 1 aliphatic rings. The van der Waals surface area contributed by atoms with Crippen molar-refractivity contribution in [1.29, 1.82) is 0 Å². The van der Waals surface area contributed by atoms with E-state index in [0.29, 0.717) is 5.92 Å². The van der Waals surface area contributed by atoms with Crippen molar-refractivity contribution in [3.63, 3.8) is 0 Å². The van der Waals surface area contributed by atoms with Crippen molar-refractivity contribution in [2.45, 2.75) is 38.6 Å². The van der Waals surface area contributed by atoms with Crippen LogP contribution in [0, 0.1) is 6.92 Å². The zero-order chi connectivity index (χ0) is 13.4. The second-order valence-corrected chi connectivity index (χ2v) is 7.36. The van der Waals surface area contributed by atoms with Gasteiger partial charge in [-0.3, -0.25) is 4.79 Å². The summed E-state index contributed by atoms with van der Waals surface area (Å²) in [6.45, 7) is 4.14. The van der Waals surface area contributed by atoms with Crippen molar-refractivity contribution >= 4 is 28.6 Å². The van der Waals surface area contributed by atoms with Crippen molar-refractivity contribution in [1.82, 2.24) is 5.32 Å². The molecule has 0 bridgehead atoms. The van der Waals surface area contributed by atoms with Crippen molar-refractivity contribution < 1.29 is 4.79 Å². The normalized spacial score (nSPS) is 16.3. The maximum Gasteiger partial charge on any atom is 0.262 e. The minimum absolute atomic E-state index is 0.0791. The maximum absolute atomic E-state index is 12.4. The molecule has 2 aromatic rings. The van der Waals surface area contributed by atoms with Crippen molar-refractivity contribution in [3.8, 4) is 0 Å². The second kappa shape index (κ2) is 5.10. The van der Waals surface area contributed by atoms with Crippen molar-refractivity contribution in [2.24, 2.45) is 0 Å². The lowest BCUT2D eigenvalue weighted by molar-refractivity contribution is 0.0943. The Bertz CT molecular complexity index is 595. The molecular weight excluding hydrogens is 274 g/mol. The van der Waals surface area contributed by atoms with Gasteiger partial charge in [-0.2, -0.15) is 0 Å². The van der Waals surface area contributed by atoms with E-state index in [2.05, 4.69) is 30.4 Å². The van der Waals surface area contributed by atoms with Crippen LogP contribution in [-0.4, -0.2) is 5.91 Å². The highest BCUT2D eigenvalue weighted by Gasteiger charge is 2.29. The SMILES string of the molecule is Cc1ccc([C@@H](C)NC(=O)c2sccc2C2CC2)s1. The molecule has 2 nitrogen and oxygen atoms in total. The summed E-state index contributed by atoms with van der Waals surface area (Å²) < 4.78 is 0.